The zero-order valence-electron chi connectivity index (χ0n) is 51.5. The number of nitrogens with one attached hydrogen (secondary N) is 16. The van der Waals surface area contributed by atoms with Gasteiger partial charge in [0.1, 0.15) is 42.3 Å². The van der Waals surface area contributed by atoms with Gasteiger partial charge in [-0.3, -0.25) is 86.7 Å². The molecule has 0 spiro atoms. The first kappa shape index (κ1) is 80.7. The van der Waals surface area contributed by atoms with Crippen LogP contribution in [0.5, 0.6) is 0 Å². The molecule has 2 heterocycles. The third-order valence-corrected chi connectivity index (χ3v) is 12.9. The molecule has 0 radical (unpaired) electrons. The minimum atomic E-state index is -1.90. The minimum absolute atomic E-state index is 0.00546. The van der Waals surface area contributed by atoms with E-state index in [9.17, 15) is 96.8 Å². The number of aliphatic hydroxyl groups is 2. The number of amides is 14. The van der Waals surface area contributed by atoms with Crippen LogP contribution < -0.4 is 103 Å². The van der Waals surface area contributed by atoms with Crippen LogP contribution in [0.1, 0.15) is 57.1 Å². The summed E-state index contributed by atoms with van der Waals surface area (Å²) in [6.45, 7) is -7.25. The Morgan fingerprint density at radius 3 is 1.27 bits per heavy atom. The molecule has 1 aliphatic heterocycles. The van der Waals surface area contributed by atoms with E-state index in [-0.39, 0.29) is 57.1 Å². The van der Waals surface area contributed by atoms with E-state index in [0.717, 1.165) is 0 Å². The summed E-state index contributed by atoms with van der Waals surface area (Å²) in [7, 11) is 0. The van der Waals surface area contributed by atoms with E-state index in [4.69, 9.17) is 33.1 Å². The fourth-order valence-corrected chi connectivity index (χ4v) is 8.07. The Balaban J connectivity index is 1.88. The number of carbonyl (C=O) groups excluding carboxylic acids is 14. The lowest BCUT2D eigenvalue weighted by atomic mass is 10.1. The van der Waals surface area contributed by atoms with Crippen LogP contribution in [0.15, 0.2) is 22.5 Å². The second-order valence-corrected chi connectivity index (χ2v) is 20.6. The van der Waals surface area contributed by atoms with Crippen LogP contribution in [-0.2, 0) is 87.9 Å². The van der Waals surface area contributed by atoms with Gasteiger partial charge in [0.2, 0.25) is 82.7 Å². The highest BCUT2D eigenvalue weighted by molar-refractivity contribution is 5.99. The second-order valence-electron chi connectivity index (χ2n) is 20.6. The van der Waals surface area contributed by atoms with Gasteiger partial charge in [-0.1, -0.05) is 0 Å². The standard InChI is InChI=1S/C51H81N23O22/c52-50(53)58-8-2-5-26(42(88)66-20-39(83)69-30(12-41(86)87)47(93)74-32(22-76)49(95)96)68-38(82)19-64-36(80)17-62-34(78)15-60-33(77)14-61-35(79)16-63-37(81)18-65-43(89)29(11-40(84)85)72-45(91)27(6-3-9-59-51(54)55)70-48(94)31(21-75)73-46(92)28(10-24-13-56-23-67-24)71-44(90)25-4-1-7-57-25/h13,23,25-32,57,75-76H,1-12,14-22H2,(H,56,67)(H,60,77)(H,61,79)(H,62,78)(H,63,81)(H,64,80)(H,65,89)(H,66,88)(H,68,82)(H,69,83)(H,70,94)(H,71,90)(H,72,91)(H,73,92)(H,74,93)(H,84,85)(H,86,87)(H,95,96)(H4,52,53,58)(H4,54,55,59)/t25-,26-,27-,28-,29-,30-,31-,32-/m0/s1. The number of aliphatic carboxylic acids is 3. The number of guanidine groups is 2. The largest absolute Gasteiger partial charge is 0.481 e. The zero-order valence-corrected chi connectivity index (χ0v) is 51.5. The van der Waals surface area contributed by atoms with Crippen LogP contribution in [0.25, 0.3) is 0 Å². The topological polar surface area (TPSA) is 729 Å². The van der Waals surface area contributed by atoms with Crippen molar-refractivity contribution in [3.05, 3.63) is 18.2 Å². The smallest absolute Gasteiger partial charge is 0.328 e. The molecule has 0 unspecified atom stereocenters. The SMILES string of the molecule is NC(N)=NCCC[C@H](NC(=O)CNC(=O)CNC(=O)CNC(=O)CNC(=O)CNC(=O)CNC(=O)[C@H](CC(=O)O)NC(=O)[C@H](CCCN=C(N)N)NC(=O)[C@H](CO)NC(=O)[C@H](Cc1cnc[nH]1)NC(=O)[C@@H]1CCCN1)C(=O)NCC(=O)N[C@@H](CC(=O)O)C(=O)N[C@@H](CO)C(=O)O. The Morgan fingerprint density at radius 1 is 0.469 bits per heavy atom. The molecular weight excluding hydrogens is 1290 g/mol. The van der Waals surface area contributed by atoms with Crippen LogP contribution in [0.3, 0.4) is 0 Å². The monoisotopic (exact) mass is 1370 g/mol. The summed E-state index contributed by atoms with van der Waals surface area (Å²) >= 11 is 0. The molecule has 0 aliphatic carbocycles. The molecule has 8 atom stereocenters. The van der Waals surface area contributed by atoms with E-state index in [2.05, 4.69) is 89.1 Å². The first-order valence-electron chi connectivity index (χ1n) is 29.1. The van der Waals surface area contributed by atoms with Crippen molar-refractivity contribution in [3.63, 3.8) is 0 Å². The molecule has 0 bridgehead atoms. The molecule has 96 heavy (non-hydrogen) atoms. The van der Waals surface area contributed by atoms with Gasteiger partial charge < -0.3 is 133 Å². The highest BCUT2D eigenvalue weighted by atomic mass is 16.4. The number of nitrogens with zero attached hydrogens (tertiary/aromatic N) is 3. The molecule has 0 aromatic carbocycles. The summed E-state index contributed by atoms with van der Waals surface area (Å²) in [5.41, 5.74) is 21.8. The van der Waals surface area contributed by atoms with Crippen molar-refractivity contribution >= 4 is 113 Å². The predicted octanol–water partition coefficient (Wildman–Crippen LogP) is -15.0. The van der Waals surface area contributed by atoms with Gasteiger partial charge in [0, 0.05) is 31.4 Å². The number of aromatic amines is 1. The average molecular weight is 1370 g/mol. The Kier molecular flexibility index (Phi) is 36.5. The lowest BCUT2D eigenvalue weighted by molar-refractivity contribution is -0.144. The Bertz CT molecular complexity index is 2970. The third kappa shape index (κ3) is 33.8. The molecular formula is C51H81N23O22. The lowest BCUT2D eigenvalue weighted by Crippen LogP contribution is -2.60. The number of carboxylic acid groups (broad SMARTS) is 3. The summed E-state index contributed by atoms with van der Waals surface area (Å²) in [5.74, 6) is -19.6. The van der Waals surface area contributed by atoms with E-state index < -0.39 is 221 Å². The Labute approximate surface area is 543 Å². The molecule has 2 rings (SSSR count). The van der Waals surface area contributed by atoms with Gasteiger partial charge >= 0.3 is 17.9 Å². The molecule has 45 nitrogen and oxygen atoms in total. The molecule has 0 saturated carbocycles. The number of carboxylic acids is 3. The fraction of sp³-hybridized carbons (Fsp3) is 0.569. The van der Waals surface area contributed by atoms with Gasteiger partial charge in [0.25, 0.3) is 0 Å². The van der Waals surface area contributed by atoms with Crippen LogP contribution in [0, 0.1) is 0 Å². The van der Waals surface area contributed by atoms with E-state index in [1.54, 1.807) is 0 Å². The van der Waals surface area contributed by atoms with Gasteiger partial charge in [-0.25, -0.2) is 9.78 Å². The van der Waals surface area contributed by atoms with Gasteiger partial charge in [-0.2, -0.15) is 0 Å². The third-order valence-electron chi connectivity index (χ3n) is 12.9. The first-order chi connectivity index (χ1) is 45.4. The molecule has 1 aromatic rings. The van der Waals surface area contributed by atoms with Gasteiger partial charge in [0.05, 0.1) is 84.2 Å². The number of aliphatic imine (C=N–C) groups is 2. The van der Waals surface area contributed by atoms with Crippen molar-refractivity contribution in [2.75, 3.05) is 78.7 Å². The Hall–Kier alpha value is -11.4. The lowest BCUT2D eigenvalue weighted by Gasteiger charge is -2.26. The second kappa shape index (κ2) is 43.4. The van der Waals surface area contributed by atoms with Gasteiger partial charge in [0.15, 0.2) is 11.9 Å². The summed E-state index contributed by atoms with van der Waals surface area (Å²) in [4.78, 5) is 229. The normalized spacial score (nSPS) is 14.3. The number of aromatic nitrogens is 2. The number of hydrogen-bond acceptors (Lipinski definition) is 23. The van der Waals surface area contributed by atoms with Gasteiger partial charge in [-0.05, 0) is 45.1 Å². The quantitative estimate of drug-likeness (QED) is 0.0164. The number of nitrogens with two attached hydrogens (primary N) is 4. The van der Waals surface area contributed by atoms with Crippen molar-refractivity contribution in [1.29, 1.82) is 0 Å². The van der Waals surface area contributed by atoms with Crippen molar-refractivity contribution in [2.24, 2.45) is 32.9 Å². The minimum Gasteiger partial charge on any atom is -0.481 e. The van der Waals surface area contributed by atoms with E-state index in [1.165, 1.54) is 12.5 Å². The maximum absolute atomic E-state index is 13.7. The van der Waals surface area contributed by atoms with E-state index in [1.807, 2.05) is 10.6 Å². The molecule has 1 fully saturated rings. The summed E-state index contributed by atoms with van der Waals surface area (Å²) in [6, 6.07) is -12.2. The molecule has 1 aromatic heterocycles. The van der Waals surface area contributed by atoms with E-state index >= 15 is 0 Å². The van der Waals surface area contributed by atoms with Crippen molar-refractivity contribution < 1.29 is 107 Å². The first-order valence-corrected chi connectivity index (χ1v) is 29.1. The molecule has 1 saturated heterocycles. The van der Waals surface area contributed by atoms with Crippen LogP contribution in [0.4, 0.5) is 0 Å². The maximum atomic E-state index is 13.7. The predicted molar refractivity (Wildman–Crippen MR) is 324 cm³/mol. The van der Waals surface area contributed by atoms with Crippen LogP contribution in [-0.4, -0.2) is 275 Å². The van der Waals surface area contributed by atoms with Crippen molar-refractivity contribution in [3.8, 4) is 0 Å². The number of rotatable bonds is 45. The average Bonchev–Trinajstić information content (AvgIpc) is 1.43. The van der Waals surface area contributed by atoms with Crippen molar-refractivity contribution in [2.45, 2.75) is 106 Å². The van der Waals surface area contributed by atoms with Gasteiger partial charge in [-0.15, -0.1) is 0 Å². The van der Waals surface area contributed by atoms with E-state index in [0.29, 0.717) is 25.1 Å². The number of hydrogen-bond donors (Lipinski definition) is 25. The number of carbonyl (C=O) groups is 17. The molecule has 532 valence electrons. The summed E-state index contributed by atoms with van der Waals surface area (Å²) in [5, 5.41) is 80.7. The molecule has 1 aliphatic rings. The highest BCUT2D eigenvalue weighted by Crippen LogP contribution is 2.09. The molecule has 29 N–H and O–H groups in total. The number of imidazole rings is 1. The summed E-state index contributed by atoms with van der Waals surface area (Å²) in [6.07, 6.45) is 1.37. The maximum Gasteiger partial charge on any atom is 0.328 e. The highest BCUT2D eigenvalue weighted by Gasteiger charge is 2.35. The summed E-state index contributed by atoms with van der Waals surface area (Å²) < 4.78 is 0. The number of aliphatic hydroxyl groups excluding tert-OH is 2. The Morgan fingerprint density at radius 2 is 0.844 bits per heavy atom. The van der Waals surface area contributed by atoms with Crippen LogP contribution in [0.2, 0.25) is 0 Å². The van der Waals surface area contributed by atoms with Crippen molar-refractivity contribution in [1.82, 2.24) is 89.7 Å². The zero-order chi connectivity index (χ0) is 71.9. The van der Waals surface area contributed by atoms with Crippen LogP contribution >= 0.6 is 0 Å². The number of H-pyrrole nitrogens is 1. The molecule has 45 heteroatoms. The fourth-order valence-electron chi connectivity index (χ4n) is 8.07. The molecule has 14 amide bonds.